The van der Waals surface area contributed by atoms with Crippen molar-refractivity contribution in [2.75, 3.05) is 6.54 Å². The molecule has 6 nitrogen and oxygen atoms in total. The monoisotopic (exact) mass is 259 g/mol. The molecule has 0 spiro atoms. The van der Waals surface area contributed by atoms with E-state index < -0.39 is 29.3 Å². The van der Waals surface area contributed by atoms with Gasteiger partial charge in [0.15, 0.2) is 6.04 Å². The van der Waals surface area contributed by atoms with Crippen molar-refractivity contribution in [3.63, 3.8) is 0 Å². The van der Waals surface area contributed by atoms with E-state index in [9.17, 15) is 19.8 Å². The SMILES string of the molecule is CC(C)(C)OC(=O)N1CCC[C@@](C)(O)[C@@H]1C(=O)O. The fraction of sp³-hybridized carbons (Fsp3) is 0.833. The minimum atomic E-state index is -1.43. The van der Waals surface area contributed by atoms with Crippen LogP contribution >= 0.6 is 0 Å². The Bertz CT molecular complexity index is 345. The van der Waals surface area contributed by atoms with E-state index in [1.54, 1.807) is 20.8 Å². The lowest BCUT2D eigenvalue weighted by molar-refractivity contribution is -0.157. The van der Waals surface area contributed by atoms with Gasteiger partial charge in [0.2, 0.25) is 0 Å². The summed E-state index contributed by atoms with van der Waals surface area (Å²) in [7, 11) is 0. The van der Waals surface area contributed by atoms with E-state index in [4.69, 9.17) is 4.74 Å². The van der Waals surface area contributed by atoms with Gasteiger partial charge in [-0.05, 0) is 40.5 Å². The van der Waals surface area contributed by atoms with E-state index in [0.717, 1.165) is 4.90 Å². The number of hydrogen-bond donors (Lipinski definition) is 2. The molecule has 1 fully saturated rings. The molecule has 0 aromatic rings. The van der Waals surface area contributed by atoms with Crippen molar-refractivity contribution < 1.29 is 24.5 Å². The Morgan fingerprint density at radius 3 is 2.39 bits per heavy atom. The standard InChI is InChI=1S/C12H21NO5/c1-11(2,3)18-10(16)13-7-5-6-12(4,17)8(13)9(14)15/h8,17H,5-7H2,1-4H3,(H,14,15)/t8-,12+/m0/s1. The minimum absolute atomic E-state index is 0.280. The van der Waals surface area contributed by atoms with Gasteiger partial charge in [0, 0.05) is 6.54 Å². The molecule has 0 aromatic heterocycles. The zero-order valence-electron chi connectivity index (χ0n) is 11.3. The summed E-state index contributed by atoms with van der Waals surface area (Å²) < 4.78 is 5.16. The fourth-order valence-corrected chi connectivity index (χ4v) is 2.13. The molecular weight excluding hydrogens is 238 g/mol. The van der Waals surface area contributed by atoms with Crippen LogP contribution in [0.3, 0.4) is 0 Å². The third-order valence-electron chi connectivity index (χ3n) is 2.84. The summed E-state index contributed by atoms with van der Waals surface area (Å²) >= 11 is 0. The first-order valence-electron chi connectivity index (χ1n) is 5.99. The third kappa shape index (κ3) is 3.35. The molecular formula is C12H21NO5. The Morgan fingerprint density at radius 1 is 1.39 bits per heavy atom. The highest BCUT2D eigenvalue weighted by atomic mass is 16.6. The zero-order chi connectivity index (χ0) is 14.1. The van der Waals surface area contributed by atoms with E-state index in [1.165, 1.54) is 6.92 Å². The number of hydrogen-bond acceptors (Lipinski definition) is 4. The topological polar surface area (TPSA) is 87.1 Å². The number of carboxylic acids is 1. The van der Waals surface area contributed by atoms with Crippen molar-refractivity contribution in [3.8, 4) is 0 Å². The Morgan fingerprint density at radius 2 is 1.94 bits per heavy atom. The van der Waals surface area contributed by atoms with Crippen LogP contribution in [0.25, 0.3) is 0 Å². The number of ether oxygens (including phenoxy) is 1. The van der Waals surface area contributed by atoms with Crippen molar-refractivity contribution >= 4 is 12.1 Å². The summed E-state index contributed by atoms with van der Waals surface area (Å²) in [6.45, 7) is 6.85. The Labute approximate surface area is 107 Å². The van der Waals surface area contributed by atoms with Gasteiger partial charge in [0.1, 0.15) is 5.60 Å². The highest BCUT2D eigenvalue weighted by molar-refractivity contribution is 5.81. The number of carbonyl (C=O) groups excluding carboxylic acids is 1. The van der Waals surface area contributed by atoms with Crippen LogP contribution in [0, 0.1) is 0 Å². The van der Waals surface area contributed by atoms with Crippen molar-refractivity contribution in [1.82, 2.24) is 4.90 Å². The average Bonchev–Trinajstić information content (AvgIpc) is 2.11. The number of carbonyl (C=O) groups is 2. The van der Waals surface area contributed by atoms with Gasteiger partial charge >= 0.3 is 12.1 Å². The molecule has 0 bridgehead atoms. The van der Waals surface area contributed by atoms with Crippen LogP contribution in [-0.4, -0.2) is 51.0 Å². The summed E-state index contributed by atoms with van der Waals surface area (Å²) in [5.41, 5.74) is -2.12. The van der Waals surface area contributed by atoms with Gasteiger partial charge in [-0.1, -0.05) is 0 Å². The normalized spacial score (nSPS) is 28.9. The number of aliphatic carboxylic acids is 1. The summed E-state index contributed by atoms with van der Waals surface area (Å²) in [4.78, 5) is 24.3. The first-order chi connectivity index (χ1) is 8.04. The van der Waals surface area contributed by atoms with E-state index in [0.29, 0.717) is 12.8 Å². The van der Waals surface area contributed by atoms with Gasteiger partial charge in [-0.15, -0.1) is 0 Å². The van der Waals surface area contributed by atoms with E-state index in [2.05, 4.69) is 0 Å². The molecule has 1 aliphatic heterocycles. The van der Waals surface area contributed by atoms with Gasteiger partial charge in [-0.3, -0.25) is 4.90 Å². The average molecular weight is 259 g/mol. The second-order valence-corrected chi connectivity index (χ2v) is 5.88. The van der Waals surface area contributed by atoms with Crippen molar-refractivity contribution in [2.45, 2.75) is 57.8 Å². The molecule has 1 saturated heterocycles. The number of amides is 1. The molecule has 0 radical (unpaired) electrons. The first-order valence-corrected chi connectivity index (χ1v) is 5.99. The number of piperidine rings is 1. The van der Waals surface area contributed by atoms with E-state index >= 15 is 0 Å². The highest BCUT2D eigenvalue weighted by Crippen LogP contribution is 2.29. The zero-order valence-corrected chi connectivity index (χ0v) is 11.3. The summed E-state index contributed by atoms with van der Waals surface area (Å²) in [5, 5.41) is 19.3. The van der Waals surface area contributed by atoms with E-state index in [1.807, 2.05) is 0 Å². The number of likely N-dealkylation sites (tertiary alicyclic amines) is 1. The lowest BCUT2D eigenvalue weighted by atomic mass is 9.86. The largest absolute Gasteiger partial charge is 0.480 e. The van der Waals surface area contributed by atoms with Crippen molar-refractivity contribution in [3.05, 3.63) is 0 Å². The Hall–Kier alpha value is -1.30. The van der Waals surface area contributed by atoms with Crippen molar-refractivity contribution in [2.24, 2.45) is 0 Å². The first kappa shape index (κ1) is 14.8. The minimum Gasteiger partial charge on any atom is -0.480 e. The lowest BCUT2D eigenvalue weighted by Gasteiger charge is -2.42. The van der Waals surface area contributed by atoms with Gasteiger partial charge in [-0.2, -0.15) is 0 Å². The fourth-order valence-electron chi connectivity index (χ4n) is 2.13. The summed E-state index contributed by atoms with van der Waals surface area (Å²) in [6.07, 6.45) is 0.203. The molecule has 1 heterocycles. The predicted molar refractivity (Wildman–Crippen MR) is 64.2 cm³/mol. The third-order valence-corrected chi connectivity index (χ3v) is 2.84. The molecule has 104 valence electrons. The number of aliphatic hydroxyl groups is 1. The molecule has 0 aromatic carbocycles. The number of rotatable bonds is 1. The quantitative estimate of drug-likeness (QED) is 0.739. The lowest BCUT2D eigenvalue weighted by Crippen LogP contribution is -2.61. The van der Waals surface area contributed by atoms with Crippen LogP contribution < -0.4 is 0 Å². The van der Waals surface area contributed by atoms with Crippen LogP contribution in [-0.2, 0) is 9.53 Å². The Kier molecular flexibility index (Phi) is 3.90. The highest BCUT2D eigenvalue weighted by Gasteiger charge is 2.47. The van der Waals surface area contributed by atoms with E-state index in [-0.39, 0.29) is 6.54 Å². The van der Waals surface area contributed by atoms with Gasteiger partial charge in [0.05, 0.1) is 5.60 Å². The van der Waals surface area contributed by atoms with Crippen molar-refractivity contribution in [1.29, 1.82) is 0 Å². The van der Waals surface area contributed by atoms with Crippen LogP contribution in [0.1, 0.15) is 40.5 Å². The summed E-state index contributed by atoms with van der Waals surface area (Å²) in [5.74, 6) is -1.22. The predicted octanol–water partition coefficient (Wildman–Crippen LogP) is 1.22. The van der Waals surface area contributed by atoms with Gasteiger partial charge < -0.3 is 14.9 Å². The van der Waals surface area contributed by atoms with Crippen LogP contribution in [0.2, 0.25) is 0 Å². The molecule has 0 unspecified atom stereocenters. The molecule has 1 aliphatic rings. The maximum Gasteiger partial charge on any atom is 0.411 e. The molecule has 6 heteroatoms. The molecule has 18 heavy (non-hydrogen) atoms. The number of nitrogens with zero attached hydrogens (tertiary/aromatic N) is 1. The van der Waals surface area contributed by atoms with Crippen LogP contribution in [0.15, 0.2) is 0 Å². The molecule has 0 aliphatic carbocycles. The molecule has 2 N–H and O–H groups in total. The Balaban J connectivity index is 2.91. The van der Waals surface area contributed by atoms with Gasteiger partial charge in [0.25, 0.3) is 0 Å². The second-order valence-electron chi connectivity index (χ2n) is 5.88. The number of carboxylic acid groups (broad SMARTS) is 1. The maximum absolute atomic E-state index is 11.9. The molecule has 1 rings (SSSR count). The second kappa shape index (κ2) is 4.76. The molecule has 0 saturated carbocycles. The van der Waals surface area contributed by atoms with Gasteiger partial charge in [-0.25, -0.2) is 9.59 Å². The van der Waals surface area contributed by atoms with Crippen LogP contribution in [0.4, 0.5) is 4.79 Å². The smallest absolute Gasteiger partial charge is 0.411 e. The summed E-state index contributed by atoms with van der Waals surface area (Å²) in [6, 6.07) is -1.26. The maximum atomic E-state index is 11.9. The molecule has 2 atom stereocenters. The molecule has 1 amide bonds. The van der Waals surface area contributed by atoms with Crippen LogP contribution in [0.5, 0.6) is 0 Å².